The molecule has 0 fully saturated rings. The third-order valence-electron chi connectivity index (χ3n) is 1.43. The van der Waals surface area contributed by atoms with Crippen molar-refractivity contribution >= 4 is 29.4 Å². The Hall–Kier alpha value is -1.95. The molecular weight excluding hydrogens is 222 g/mol. The topological polar surface area (TPSA) is 99.6 Å². The molecule has 0 heterocycles. The van der Waals surface area contributed by atoms with Gasteiger partial charge in [-0.2, -0.15) is 0 Å². The number of nitrogens with zero attached hydrogens (tertiary/aromatic N) is 1. The molecule has 1 rings (SSSR count). The molecule has 7 heteroatoms. The normalized spacial score (nSPS) is 9.40. The maximum absolute atomic E-state index is 10.3. The van der Waals surface area contributed by atoms with Gasteiger partial charge in [0.1, 0.15) is 0 Å². The highest BCUT2D eigenvalue weighted by molar-refractivity contribution is 6.30. The van der Waals surface area contributed by atoms with Gasteiger partial charge >= 0.3 is 6.16 Å². The lowest BCUT2D eigenvalue weighted by atomic mass is 10.3. The average molecular weight is 230 g/mol. The second-order valence-electron chi connectivity index (χ2n) is 2.52. The van der Waals surface area contributed by atoms with Gasteiger partial charge in [0, 0.05) is 5.02 Å². The SMILES string of the molecule is N=C(N)N(OC(=O)O)c1cccc(Cl)c1. The summed E-state index contributed by atoms with van der Waals surface area (Å²) in [6, 6.07) is 6.12. The summed E-state index contributed by atoms with van der Waals surface area (Å²) in [4.78, 5) is 14.6. The number of carbonyl (C=O) groups is 1. The van der Waals surface area contributed by atoms with E-state index in [-0.39, 0.29) is 5.69 Å². The van der Waals surface area contributed by atoms with Crippen LogP contribution in [-0.4, -0.2) is 17.2 Å². The Morgan fingerprint density at radius 2 is 2.27 bits per heavy atom. The average Bonchev–Trinajstić information content (AvgIpc) is 2.13. The van der Waals surface area contributed by atoms with Gasteiger partial charge in [0.05, 0.1) is 5.69 Å². The molecule has 0 spiro atoms. The van der Waals surface area contributed by atoms with E-state index in [9.17, 15) is 4.79 Å². The van der Waals surface area contributed by atoms with Gasteiger partial charge in [0.2, 0.25) is 5.96 Å². The third kappa shape index (κ3) is 3.03. The molecular formula is C8H8ClN3O3. The zero-order valence-corrected chi connectivity index (χ0v) is 8.23. The second-order valence-corrected chi connectivity index (χ2v) is 2.95. The first-order chi connectivity index (χ1) is 7.00. The van der Waals surface area contributed by atoms with Gasteiger partial charge in [-0.05, 0) is 18.2 Å². The molecule has 0 aliphatic carbocycles. The van der Waals surface area contributed by atoms with Crippen LogP contribution < -0.4 is 10.8 Å². The molecule has 1 aromatic rings. The molecule has 0 atom stereocenters. The number of hydrogen-bond donors (Lipinski definition) is 3. The molecule has 0 aromatic heterocycles. The van der Waals surface area contributed by atoms with Crippen molar-refractivity contribution in [3.05, 3.63) is 29.3 Å². The lowest BCUT2D eigenvalue weighted by Gasteiger charge is -2.18. The van der Waals surface area contributed by atoms with E-state index < -0.39 is 12.1 Å². The van der Waals surface area contributed by atoms with Crippen LogP contribution in [0.25, 0.3) is 0 Å². The highest BCUT2D eigenvalue weighted by Crippen LogP contribution is 2.19. The van der Waals surface area contributed by atoms with E-state index in [0.29, 0.717) is 10.1 Å². The third-order valence-corrected chi connectivity index (χ3v) is 1.67. The van der Waals surface area contributed by atoms with Crippen LogP contribution in [0.5, 0.6) is 0 Å². The molecule has 80 valence electrons. The van der Waals surface area contributed by atoms with Crippen LogP contribution in [0.3, 0.4) is 0 Å². The van der Waals surface area contributed by atoms with Crippen molar-refractivity contribution in [2.24, 2.45) is 5.73 Å². The quantitative estimate of drug-likeness (QED) is 0.386. The van der Waals surface area contributed by atoms with Gasteiger partial charge in [-0.25, -0.2) is 4.79 Å². The Kier molecular flexibility index (Phi) is 3.35. The number of rotatable bonds is 1. The fraction of sp³-hybridized carbons (Fsp3) is 0. The van der Waals surface area contributed by atoms with Crippen molar-refractivity contribution < 1.29 is 14.7 Å². The predicted octanol–water partition coefficient (Wildman–Crippen LogP) is 1.65. The standard InChI is InChI=1S/C8H8ClN3O3/c9-5-2-1-3-6(4-5)12(7(10)11)15-8(13)14/h1-4H,(H3,10,11)(H,13,14). The first kappa shape index (κ1) is 11.1. The van der Waals surface area contributed by atoms with Gasteiger partial charge in [0.25, 0.3) is 0 Å². The summed E-state index contributed by atoms with van der Waals surface area (Å²) in [5.74, 6) is -0.556. The fourth-order valence-corrected chi connectivity index (χ4v) is 1.11. The summed E-state index contributed by atoms with van der Waals surface area (Å²) >= 11 is 5.69. The molecule has 0 aliphatic heterocycles. The maximum Gasteiger partial charge on any atom is 0.531 e. The van der Waals surface area contributed by atoms with Crippen molar-refractivity contribution in [1.29, 1.82) is 5.41 Å². The summed E-state index contributed by atoms with van der Waals surface area (Å²) in [5.41, 5.74) is 5.41. The largest absolute Gasteiger partial charge is 0.531 e. The lowest BCUT2D eigenvalue weighted by molar-refractivity contribution is 0.0942. The van der Waals surface area contributed by atoms with Crippen LogP contribution in [0.15, 0.2) is 24.3 Å². The van der Waals surface area contributed by atoms with Gasteiger partial charge in [0.15, 0.2) is 0 Å². The molecule has 0 radical (unpaired) electrons. The van der Waals surface area contributed by atoms with Crippen LogP contribution in [0.2, 0.25) is 5.02 Å². The zero-order chi connectivity index (χ0) is 11.4. The number of hydroxylamine groups is 1. The summed E-state index contributed by atoms with van der Waals surface area (Å²) in [7, 11) is 0. The molecule has 0 unspecified atom stereocenters. The Bertz CT molecular complexity index is 396. The van der Waals surface area contributed by atoms with E-state index in [2.05, 4.69) is 4.84 Å². The van der Waals surface area contributed by atoms with Crippen LogP contribution in [-0.2, 0) is 4.84 Å². The van der Waals surface area contributed by atoms with Crippen LogP contribution in [0.4, 0.5) is 10.5 Å². The Morgan fingerprint density at radius 3 is 2.73 bits per heavy atom. The molecule has 0 saturated carbocycles. The summed E-state index contributed by atoms with van der Waals surface area (Å²) in [6.45, 7) is 0. The van der Waals surface area contributed by atoms with Gasteiger partial charge in [-0.3, -0.25) is 10.2 Å². The van der Waals surface area contributed by atoms with E-state index in [1.807, 2.05) is 0 Å². The van der Waals surface area contributed by atoms with Gasteiger partial charge < -0.3 is 10.8 Å². The number of nitrogens with one attached hydrogen (secondary N) is 1. The minimum atomic E-state index is -1.56. The first-order valence-electron chi connectivity index (χ1n) is 3.81. The van der Waals surface area contributed by atoms with Crippen LogP contribution >= 0.6 is 11.6 Å². The van der Waals surface area contributed by atoms with Crippen molar-refractivity contribution in [1.82, 2.24) is 0 Å². The highest BCUT2D eigenvalue weighted by atomic mass is 35.5. The molecule has 0 bridgehead atoms. The van der Waals surface area contributed by atoms with E-state index in [0.717, 1.165) is 0 Å². The van der Waals surface area contributed by atoms with Crippen molar-refractivity contribution in [2.75, 3.05) is 5.06 Å². The van der Waals surface area contributed by atoms with Gasteiger partial charge in [-0.15, -0.1) is 5.06 Å². The van der Waals surface area contributed by atoms with Crippen molar-refractivity contribution in [3.8, 4) is 0 Å². The van der Waals surface area contributed by atoms with Crippen LogP contribution in [0.1, 0.15) is 0 Å². The molecule has 6 nitrogen and oxygen atoms in total. The van der Waals surface area contributed by atoms with Gasteiger partial charge in [-0.1, -0.05) is 17.7 Å². The van der Waals surface area contributed by atoms with E-state index in [1.54, 1.807) is 12.1 Å². The summed E-state index contributed by atoms with van der Waals surface area (Å²) in [6.07, 6.45) is -1.56. The van der Waals surface area contributed by atoms with E-state index >= 15 is 0 Å². The molecule has 1 aromatic carbocycles. The van der Waals surface area contributed by atoms with Crippen molar-refractivity contribution in [2.45, 2.75) is 0 Å². The highest BCUT2D eigenvalue weighted by Gasteiger charge is 2.14. The monoisotopic (exact) mass is 229 g/mol. The number of carboxylic acid groups (broad SMARTS) is 1. The summed E-state index contributed by atoms with van der Waals surface area (Å²) < 4.78 is 0. The molecule has 0 aliphatic rings. The number of anilines is 1. The fourth-order valence-electron chi connectivity index (χ4n) is 0.922. The maximum atomic E-state index is 10.3. The number of halogens is 1. The lowest BCUT2D eigenvalue weighted by Crippen LogP contribution is -2.38. The predicted molar refractivity (Wildman–Crippen MR) is 55.0 cm³/mol. The first-order valence-corrected chi connectivity index (χ1v) is 4.19. The minimum Gasteiger partial charge on any atom is -0.448 e. The second kappa shape index (κ2) is 4.52. The molecule has 0 amide bonds. The minimum absolute atomic E-state index is 0.261. The smallest absolute Gasteiger partial charge is 0.448 e. The molecule has 15 heavy (non-hydrogen) atoms. The zero-order valence-electron chi connectivity index (χ0n) is 7.48. The number of nitrogens with two attached hydrogens (primary N) is 1. The number of benzene rings is 1. The Morgan fingerprint density at radius 1 is 1.60 bits per heavy atom. The molecule has 4 N–H and O–H groups in total. The summed E-state index contributed by atoms with van der Waals surface area (Å²) in [5, 5.41) is 16.6. The number of hydrogen-bond acceptors (Lipinski definition) is 3. The van der Waals surface area contributed by atoms with E-state index in [4.69, 9.17) is 27.9 Å². The van der Waals surface area contributed by atoms with Crippen molar-refractivity contribution in [3.63, 3.8) is 0 Å². The Balaban J connectivity index is 2.98. The van der Waals surface area contributed by atoms with E-state index in [1.165, 1.54) is 12.1 Å². The molecule has 0 saturated heterocycles. The number of guanidine groups is 1. The van der Waals surface area contributed by atoms with Crippen LogP contribution in [0, 0.1) is 5.41 Å². The Labute approximate surface area is 90.3 Å².